The summed E-state index contributed by atoms with van der Waals surface area (Å²) in [6.07, 6.45) is 0. The van der Waals surface area contributed by atoms with Gasteiger partial charge in [-0.3, -0.25) is 0 Å². The van der Waals surface area contributed by atoms with Crippen LogP contribution in [0.3, 0.4) is 0 Å². The average Bonchev–Trinajstić information content (AvgIpc) is 3.28. The molecule has 3 heterocycles. The number of hydrogen-bond donors (Lipinski definition) is 0. The fourth-order valence-electron chi connectivity index (χ4n) is 6.79. The van der Waals surface area contributed by atoms with Crippen molar-refractivity contribution in [3.8, 4) is 45.0 Å². The first-order valence-electron chi connectivity index (χ1n) is 14.2. The van der Waals surface area contributed by atoms with Crippen molar-refractivity contribution in [3.05, 3.63) is 139 Å². The van der Waals surface area contributed by atoms with Gasteiger partial charge in [-0.25, -0.2) is 9.97 Å². The first-order valence-corrected chi connectivity index (χ1v) is 14.2. The standard InChI is InChI=1S/C37H28BN3/c1-37(2)30-23-27(33-24-32(25-13-5-3-6-14-25)39-36(40-33)26-15-7-4-8-16-26)21-22-35(30)41-34-20-12-10-18-29(34)28-17-9-11-19-31(28)38(37)41/h3-24H,1-2H3. The van der Waals surface area contributed by atoms with Gasteiger partial charge >= 0.3 is 6.85 Å². The molecule has 8 rings (SSSR count). The van der Waals surface area contributed by atoms with E-state index in [4.69, 9.17) is 9.97 Å². The van der Waals surface area contributed by atoms with Crippen LogP contribution in [0.1, 0.15) is 19.4 Å². The molecular formula is C37H28BN3. The van der Waals surface area contributed by atoms with Crippen molar-refractivity contribution in [2.24, 2.45) is 0 Å². The van der Waals surface area contributed by atoms with Crippen molar-refractivity contribution in [1.29, 1.82) is 0 Å². The molecule has 0 N–H and O–H groups in total. The van der Waals surface area contributed by atoms with Gasteiger partial charge in [-0.1, -0.05) is 123 Å². The molecule has 194 valence electrons. The van der Waals surface area contributed by atoms with Gasteiger partial charge in [0.1, 0.15) is 0 Å². The number of para-hydroxylation sites is 1. The molecular weight excluding hydrogens is 497 g/mol. The largest absolute Gasteiger partial charge is 0.380 e. The van der Waals surface area contributed by atoms with Crippen molar-refractivity contribution < 1.29 is 0 Å². The molecule has 0 atom stereocenters. The fraction of sp³-hybridized carbons (Fsp3) is 0.0811. The Morgan fingerprint density at radius 2 is 1.15 bits per heavy atom. The number of benzene rings is 5. The van der Waals surface area contributed by atoms with Gasteiger partial charge in [-0.15, -0.1) is 0 Å². The molecule has 3 nitrogen and oxygen atoms in total. The number of anilines is 2. The quantitative estimate of drug-likeness (QED) is 0.218. The zero-order valence-electron chi connectivity index (χ0n) is 23.1. The molecule has 0 aliphatic carbocycles. The maximum Gasteiger partial charge on any atom is 0.304 e. The second-order valence-corrected chi connectivity index (χ2v) is 11.5. The lowest BCUT2D eigenvalue weighted by Gasteiger charge is -2.38. The van der Waals surface area contributed by atoms with E-state index in [1.165, 1.54) is 33.5 Å². The second-order valence-electron chi connectivity index (χ2n) is 11.5. The molecule has 4 heteroatoms. The molecule has 1 aromatic heterocycles. The molecule has 0 saturated carbocycles. The van der Waals surface area contributed by atoms with Crippen LogP contribution in [0.2, 0.25) is 0 Å². The minimum atomic E-state index is -0.119. The molecule has 0 fully saturated rings. The molecule has 2 aliphatic heterocycles. The van der Waals surface area contributed by atoms with Crippen LogP contribution in [0.4, 0.5) is 11.4 Å². The minimum Gasteiger partial charge on any atom is -0.380 e. The number of aromatic nitrogens is 2. The number of hydrogen-bond acceptors (Lipinski definition) is 3. The summed E-state index contributed by atoms with van der Waals surface area (Å²) >= 11 is 0. The summed E-state index contributed by atoms with van der Waals surface area (Å²) in [5.41, 5.74) is 13.0. The Kier molecular flexibility index (Phi) is 5.27. The van der Waals surface area contributed by atoms with Gasteiger partial charge in [0, 0.05) is 33.6 Å². The van der Waals surface area contributed by atoms with Gasteiger partial charge in [-0.05, 0) is 46.2 Å². The third-order valence-corrected chi connectivity index (χ3v) is 8.72. The summed E-state index contributed by atoms with van der Waals surface area (Å²) in [5, 5.41) is -0.119. The molecule has 6 aromatic rings. The lowest BCUT2D eigenvalue weighted by atomic mass is 9.37. The summed E-state index contributed by atoms with van der Waals surface area (Å²) in [4.78, 5) is 12.7. The lowest BCUT2D eigenvalue weighted by molar-refractivity contribution is 0.759. The van der Waals surface area contributed by atoms with Crippen molar-refractivity contribution in [3.63, 3.8) is 0 Å². The summed E-state index contributed by atoms with van der Waals surface area (Å²) in [6.45, 7) is 4.98. The first-order chi connectivity index (χ1) is 20.1. The van der Waals surface area contributed by atoms with E-state index in [9.17, 15) is 0 Å². The Hall–Kier alpha value is -4.96. The number of rotatable bonds is 3. The van der Waals surface area contributed by atoms with E-state index in [1.807, 2.05) is 24.3 Å². The molecule has 0 unspecified atom stereocenters. The molecule has 5 aromatic carbocycles. The van der Waals surface area contributed by atoms with Crippen LogP contribution in [-0.2, 0) is 5.31 Å². The van der Waals surface area contributed by atoms with E-state index in [-0.39, 0.29) is 12.2 Å². The van der Waals surface area contributed by atoms with Gasteiger partial charge in [0.2, 0.25) is 0 Å². The van der Waals surface area contributed by atoms with Crippen LogP contribution in [-0.4, -0.2) is 16.8 Å². The van der Waals surface area contributed by atoms with E-state index in [2.05, 4.69) is 128 Å². The first kappa shape index (κ1) is 23.9. The molecule has 0 bridgehead atoms. The lowest BCUT2D eigenvalue weighted by Crippen LogP contribution is -2.55. The van der Waals surface area contributed by atoms with Crippen molar-refractivity contribution in [1.82, 2.24) is 9.97 Å². The van der Waals surface area contributed by atoms with Gasteiger partial charge < -0.3 is 4.81 Å². The van der Waals surface area contributed by atoms with Crippen LogP contribution in [0.15, 0.2) is 133 Å². The summed E-state index contributed by atoms with van der Waals surface area (Å²) in [7, 11) is 0. The van der Waals surface area contributed by atoms with Gasteiger partial charge in [0.15, 0.2) is 5.82 Å². The Balaban J connectivity index is 1.32. The highest BCUT2D eigenvalue weighted by Crippen LogP contribution is 2.52. The Labute approximate surface area is 241 Å². The van der Waals surface area contributed by atoms with Crippen molar-refractivity contribution in [2.75, 3.05) is 4.81 Å². The Bertz CT molecular complexity index is 1870. The minimum absolute atomic E-state index is 0.119. The van der Waals surface area contributed by atoms with Crippen LogP contribution >= 0.6 is 0 Å². The third kappa shape index (κ3) is 3.67. The highest BCUT2D eigenvalue weighted by molar-refractivity contribution is 6.84. The second kappa shape index (κ2) is 9.04. The normalized spacial score (nSPS) is 14.2. The molecule has 41 heavy (non-hydrogen) atoms. The zero-order chi connectivity index (χ0) is 27.6. The smallest absolute Gasteiger partial charge is 0.304 e. The van der Waals surface area contributed by atoms with E-state index >= 15 is 0 Å². The topological polar surface area (TPSA) is 29.0 Å². The maximum atomic E-state index is 5.11. The van der Waals surface area contributed by atoms with E-state index in [0.717, 1.165) is 33.9 Å². The predicted octanol–water partition coefficient (Wildman–Crippen LogP) is 8.33. The zero-order valence-corrected chi connectivity index (χ0v) is 23.1. The molecule has 2 aliphatic rings. The van der Waals surface area contributed by atoms with E-state index in [0.29, 0.717) is 0 Å². The fourth-order valence-corrected chi connectivity index (χ4v) is 6.79. The summed E-state index contributed by atoms with van der Waals surface area (Å²) < 4.78 is 0. The van der Waals surface area contributed by atoms with E-state index in [1.54, 1.807) is 0 Å². The maximum absolute atomic E-state index is 5.11. The van der Waals surface area contributed by atoms with Gasteiger partial charge in [-0.2, -0.15) is 0 Å². The van der Waals surface area contributed by atoms with Crippen molar-refractivity contribution >= 4 is 23.7 Å². The number of fused-ring (bicyclic) bond motifs is 8. The molecule has 0 saturated heterocycles. The van der Waals surface area contributed by atoms with Crippen LogP contribution in [0.5, 0.6) is 0 Å². The molecule has 0 radical (unpaired) electrons. The Morgan fingerprint density at radius 3 is 1.90 bits per heavy atom. The number of nitrogens with zero attached hydrogens (tertiary/aromatic N) is 3. The monoisotopic (exact) mass is 525 g/mol. The van der Waals surface area contributed by atoms with Crippen LogP contribution in [0.25, 0.3) is 45.0 Å². The van der Waals surface area contributed by atoms with E-state index < -0.39 is 0 Å². The summed E-state index contributed by atoms with van der Waals surface area (Å²) in [5.74, 6) is 0.738. The van der Waals surface area contributed by atoms with Gasteiger partial charge in [0.05, 0.1) is 11.4 Å². The van der Waals surface area contributed by atoms with Gasteiger partial charge in [0.25, 0.3) is 0 Å². The van der Waals surface area contributed by atoms with Crippen LogP contribution in [0, 0.1) is 0 Å². The highest BCUT2D eigenvalue weighted by atomic mass is 15.1. The average molecular weight is 525 g/mol. The molecule has 0 amide bonds. The summed E-state index contributed by atoms with van der Waals surface area (Å²) in [6, 6.07) is 47.4. The Morgan fingerprint density at radius 1 is 0.537 bits per heavy atom. The SMILES string of the molecule is CC1(C)B2c3ccccc3-c3ccccc3N2c2ccc(-c3cc(-c4ccccc4)nc(-c4ccccc4)n3)cc21. The molecule has 0 spiro atoms. The van der Waals surface area contributed by atoms with Crippen LogP contribution < -0.4 is 10.3 Å². The highest BCUT2D eigenvalue weighted by Gasteiger charge is 2.52. The predicted molar refractivity (Wildman–Crippen MR) is 171 cm³/mol. The third-order valence-electron chi connectivity index (χ3n) is 8.72. The van der Waals surface area contributed by atoms with Crippen molar-refractivity contribution in [2.45, 2.75) is 19.2 Å².